The summed E-state index contributed by atoms with van der Waals surface area (Å²) < 4.78 is 21.4. The van der Waals surface area contributed by atoms with E-state index in [0.717, 1.165) is 5.76 Å². The van der Waals surface area contributed by atoms with Gasteiger partial charge in [-0.15, -0.1) is 0 Å². The molecule has 0 aliphatic carbocycles. The van der Waals surface area contributed by atoms with Gasteiger partial charge in [-0.1, -0.05) is 0 Å². The average Bonchev–Trinajstić information content (AvgIpc) is 2.87. The third-order valence-corrected chi connectivity index (χ3v) is 2.75. The largest absolute Gasteiger partial charge is 0.469 e. The van der Waals surface area contributed by atoms with Crippen LogP contribution in [0.15, 0.2) is 16.5 Å². The van der Waals surface area contributed by atoms with E-state index in [1.807, 2.05) is 19.1 Å². The Morgan fingerprint density at radius 2 is 2.35 bits per heavy atom. The number of carbonyl (C=O) groups excluding carboxylic acids is 1. The molecule has 1 saturated heterocycles. The highest BCUT2D eigenvalue weighted by Gasteiger charge is 2.42. The quantitative estimate of drug-likeness (QED) is 0.753. The lowest BCUT2D eigenvalue weighted by atomic mass is 10.2. The van der Waals surface area contributed by atoms with Crippen molar-refractivity contribution < 1.29 is 23.4 Å². The van der Waals surface area contributed by atoms with Crippen LogP contribution < -0.4 is 0 Å². The minimum atomic E-state index is -0.910. The molecule has 1 aliphatic heterocycles. The fourth-order valence-electron chi connectivity index (χ4n) is 1.82. The van der Waals surface area contributed by atoms with Crippen molar-refractivity contribution >= 4 is 5.97 Å². The van der Waals surface area contributed by atoms with Crippen LogP contribution in [-0.2, 0) is 24.8 Å². The molecule has 0 aromatic carbocycles. The second-order valence-corrected chi connectivity index (χ2v) is 4.19. The van der Waals surface area contributed by atoms with Crippen LogP contribution in [0.1, 0.15) is 24.9 Å². The number of hydrogen-bond donors (Lipinski definition) is 0. The Balaban J connectivity index is 2.03. The first-order chi connectivity index (χ1) is 8.03. The summed E-state index contributed by atoms with van der Waals surface area (Å²) in [7, 11) is 1.35. The van der Waals surface area contributed by atoms with E-state index in [4.69, 9.17) is 13.9 Å². The van der Waals surface area contributed by atoms with Gasteiger partial charge in [0, 0.05) is 0 Å². The zero-order valence-corrected chi connectivity index (χ0v) is 10.2. The maximum absolute atomic E-state index is 11.1. The normalized spacial score (nSPS) is 28.3. The van der Waals surface area contributed by atoms with Crippen molar-refractivity contribution in [1.29, 1.82) is 0 Å². The zero-order valence-electron chi connectivity index (χ0n) is 10.2. The Hall–Kier alpha value is -1.33. The van der Waals surface area contributed by atoms with E-state index in [1.54, 1.807) is 6.92 Å². The SMILES string of the molecule is COC(=O)CC1COC(C)(c2ccc(C)o2)O1. The predicted octanol–water partition coefficient (Wildman–Crippen LogP) is 1.74. The van der Waals surface area contributed by atoms with Gasteiger partial charge in [0.05, 0.1) is 26.2 Å². The molecule has 0 N–H and O–H groups in total. The Kier molecular flexibility index (Phi) is 3.22. The fraction of sp³-hybridized carbons (Fsp3) is 0.583. The molecule has 1 aliphatic rings. The zero-order chi connectivity index (χ0) is 12.5. The molecule has 17 heavy (non-hydrogen) atoms. The first-order valence-corrected chi connectivity index (χ1v) is 5.49. The maximum atomic E-state index is 11.1. The van der Waals surface area contributed by atoms with Gasteiger partial charge in [0.15, 0.2) is 5.76 Å². The molecule has 5 nitrogen and oxygen atoms in total. The Morgan fingerprint density at radius 1 is 1.59 bits per heavy atom. The molecule has 1 aromatic heterocycles. The van der Waals surface area contributed by atoms with E-state index < -0.39 is 5.79 Å². The molecule has 1 fully saturated rings. The van der Waals surface area contributed by atoms with Gasteiger partial charge in [0.25, 0.3) is 0 Å². The van der Waals surface area contributed by atoms with E-state index >= 15 is 0 Å². The lowest BCUT2D eigenvalue weighted by Gasteiger charge is -2.20. The fourth-order valence-corrected chi connectivity index (χ4v) is 1.82. The number of hydrogen-bond acceptors (Lipinski definition) is 5. The summed E-state index contributed by atoms with van der Waals surface area (Å²) in [6.45, 7) is 3.99. The molecule has 0 spiro atoms. The Bertz CT molecular complexity index is 411. The van der Waals surface area contributed by atoms with Gasteiger partial charge in [0.1, 0.15) is 5.76 Å². The summed E-state index contributed by atoms with van der Waals surface area (Å²) in [5.41, 5.74) is 0. The van der Waals surface area contributed by atoms with Crippen LogP contribution in [0.25, 0.3) is 0 Å². The first kappa shape index (κ1) is 12.1. The van der Waals surface area contributed by atoms with Gasteiger partial charge < -0.3 is 18.6 Å². The van der Waals surface area contributed by atoms with Crippen molar-refractivity contribution in [3.05, 3.63) is 23.7 Å². The summed E-state index contributed by atoms with van der Waals surface area (Å²) in [5, 5.41) is 0. The molecule has 2 unspecified atom stereocenters. The third-order valence-electron chi connectivity index (χ3n) is 2.75. The first-order valence-electron chi connectivity index (χ1n) is 5.49. The van der Waals surface area contributed by atoms with E-state index in [9.17, 15) is 4.79 Å². The standard InChI is InChI=1S/C12H16O5/c1-8-4-5-10(16-8)12(2)15-7-9(17-12)6-11(13)14-3/h4-5,9H,6-7H2,1-3H3. The number of esters is 1. The van der Waals surface area contributed by atoms with E-state index in [0.29, 0.717) is 12.4 Å². The molecule has 0 amide bonds. The van der Waals surface area contributed by atoms with Gasteiger partial charge >= 0.3 is 5.97 Å². The summed E-state index contributed by atoms with van der Waals surface area (Å²) in [6.07, 6.45) is -0.107. The second kappa shape index (κ2) is 4.50. The Labute approximate surface area is 99.6 Å². The average molecular weight is 240 g/mol. The van der Waals surface area contributed by atoms with Crippen molar-refractivity contribution in [1.82, 2.24) is 0 Å². The van der Waals surface area contributed by atoms with Crippen molar-refractivity contribution in [3.8, 4) is 0 Å². The second-order valence-electron chi connectivity index (χ2n) is 4.19. The third kappa shape index (κ3) is 2.50. The number of methoxy groups -OCH3 is 1. The lowest BCUT2D eigenvalue weighted by Crippen LogP contribution is -2.24. The van der Waals surface area contributed by atoms with E-state index in [1.165, 1.54) is 7.11 Å². The molecule has 0 radical (unpaired) electrons. The van der Waals surface area contributed by atoms with Crippen LogP contribution in [0.4, 0.5) is 0 Å². The summed E-state index contributed by atoms with van der Waals surface area (Å²) in [5.74, 6) is 0.193. The number of rotatable bonds is 3. The number of ether oxygens (including phenoxy) is 3. The monoisotopic (exact) mass is 240 g/mol. The van der Waals surface area contributed by atoms with Gasteiger partial charge in [-0.25, -0.2) is 0 Å². The van der Waals surface area contributed by atoms with Gasteiger partial charge in [-0.3, -0.25) is 4.79 Å². The van der Waals surface area contributed by atoms with Crippen LogP contribution in [0, 0.1) is 6.92 Å². The number of furan rings is 1. The maximum Gasteiger partial charge on any atom is 0.308 e. The summed E-state index contributed by atoms with van der Waals surface area (Å²) in [4.78, 5) is 11.1. The molecule has 2 atom stereocenters. The van der Waals surface area contributed by atoms with Crippen LogP contribution in [0.5, 0.6) is 0 Å². The van der Waals surface area contributed by atoms with Crippen LogP contribution in [-0.4, -0.2) is 25.8 Å². The highest BCUT2D eigenvalue weighted by atomic mass is 16.8. The van der Waals surface area contributed by atoms with Gasteiger partial charge in [-0.2, -0.15) is 0 Å². The smallest absolute Gasteiger partial charge is 0.308 e. The lowest BCUT2D eigenvalue weighted by molar-refractivity contribution is -0.177. The molecular weight excluding hydrogens is 224 g/mol. The molecule has 94 valence electrons. The van der Waals surface area contributed by atoms with Crippen molar-refractivity contribution in [2.75, 3.05) is 13.7 Å². The molecule has 2 rings (SSSR count). The molecule has 0 bridgehead atoms. The highest BCUT2D eigenvalue weighted by Crippen LogP contribution is 2.35. The minimum absolute atomic E-state index is 0.186. The van der Waals surface area contributed by atoms with Gasteiger partial charge in [0.2, 0.25) is 5.79 Å². The molecule has 1 aromatic rings. The van der Waals surface area contributed by atoms with Crippen molar-refractivity contribution in [2.24, 2.45) is 0 Å². The van der Waals surface area contributed by atoms with Gasteiger partial charge in [-0.05, 0) is 26.0 Å². The van der Waals surface area contributed by atoms with Crippen molar-refractivity contribution in [2.45, 2.75) is 32.2 Å². The highest BCUT2D eigenvalue weighted by molar-refractivity contribution is 5.69. The predicted molar refractivity (Wildman–Crippen MR) is 58.3 cm³/mol. The topological polar surface area (TPSA) is 57.9 Å². The molecular formula is C12H16O5. The number of aryl methyl sites for hydroxylation is 1. The molecule has 5 heteroatoms. The number of carbonyl (C=O) groups is 1. The summed E-state index contributed by atoms with van der Waals surface area (Å²) >= 11 is 0. The van der Waals surface area contributed by atoms with Crippen LogP contribution in [0.2, 0.25) is 0 Å². The van der Waals surface area contributed by atoms with E-state index in [-0.39, 0.29) is 18.5 Å². The molecule has 2 heterocycles. The summed E-state index contributed by atoms with van der Waals surface area (Å²) in [6, 6.07) is 3.66. The Morgan fingerprint density at radius 3 is 2.94 bits per heavy atom. The van der Waals surface area contributed by atoms with Crippen LogP contribution >= 0.6 is 0 Å². The van der Waals surface area contributed by atoms with Crippen molar-refractivity contribution in [3.63, 3.8) is 0 Å². The van der Waals surface area contributed by atoms with E-state index in [2.05, 4.69) is 4.74 Å². The molecule has 0 saturated carbocycles. The minimum Gasteiger partial charge on any atom is -0.469 e. The van der Waals surface area contributed by atoms with Crippen LogP contribution in [0.3, 0.4) is 0 Å².